The van der Waals surface area contributed by atoms with Crippen LogP contribution in [0.25, 0.3) is 10.9 Å². The van der Waals surface area contributed by atoms with Crippen LogP contribution in [0.4, 0.5) is 5.69 Å². The molecule has 7 nitrogen and oxygen atoms in total. The number of anilines is 1. The Morgan fingerprint density at radius 2 is 1.92 bits per heavy atom. The van der Waals surface area contributed by atoms with Crippen LogP contribution < -0.4 is 24.7 Å². The second kappa shape index (κ2) is 6.18. The molecule has 0 bridgehead atoms. The molecule has 0 saturated carbocycles. The molecule has 1 aliphatic heterocycles. The summed E-state index contributed by atoms with van der Waals surface area (Å²) in [7, 11) is 1.56. The fourth-order valence-electron chi connectivity index (χ4n) is 2.59. The van der Waals surface area contributed by atoms with Gasteiger partial charge in [0.2, 0.25) is 11.6 Å². The van der Waals surface area contributed by atoms with Crippen molar-refractivity contribution in [2.75, 3.05) is 26.1 Å². The largest absolute Gasteiger partial charge is 0.493 e. The number of hydrogen-bond acceptors (Lipinski definition) is 7. The quantitative estimate of drug-likeness (QED) is 0.716. The highest BCUT2D eigenvalue weighted by Crippen LogP contribution is 2.47. The molecule has 0 saturated heterocycles. The Balaban J connectivity index is 1.88. The molecule has 4 rings (SSSR count). The van der Waals surface area contributed by atoms with Crippen molar-refractivity contribution in [1.82, 2.24) is 9.97 Å². The summed E-state index contributed by atoms with van der Waals surface area (Å²) in [5, 5.41) is 1.00. The second-order valence-electron chi connectivity index (χ2n) is 5.29. The average Bonchev–Trinajstić information content (AvgIpc) is 2.64. The first-order valence-electron chi connectivity index (χ1n) is 7.51. The van der Waals surface area contributed by atoms with Gasteiger partial charge in [-0.3, -0.25) is 0 Å². The molecule has 1 aromatic heterocycles. The van der Waals surface area contributed by atoms with Crippen LogP contribution in [0.3, 0.4) is 0 Å². The summed E-state index contributed by atoms with van der Waals surface area (Å²) >= 11 is 6.05. The summed E-state index contributed by atoms with van der Waals surface area (Å²) in [4.78, 5) is 8.51. The molecular formula is C17H14ClN3O4. The first-order chi connectivity index (χ1) is 12.2. The van der Waals surface area contributed by atoms with Crippen LogP contribution in [0.2, 0.25) is 5.02 Å². The number of rotatable bonds is 3. The Morgan fingerprint density at radius 1 is 1.12 bits per heavy atom. The van der Waals surface area contributed by atoms with Crippen molar-refractivity contribution in [3.8, 4) is 28.9 Å². The molecule has 25 heavy (non-hydrogen) atoms. The number of fused-ring (bicyclic) bond motifs is 3. The number of nitrogens with zero attached hydrogens (tertiary/aromatic N) is 2. The van der Waals surface area contributed by atoms with Gasteiger partial charge in [0.05, 0.1) is 23.3 Å². The molecule has 2 heterocycles. The number of benzene rings is 2. The van der Waals surface area contributed by atoms with E-state index in [2.05, 4.69) is 9.97 Å². The first-order valence-corrected chi connectivity index (χ1v) is 7.89. The van der Waals surface area contributed by atoms with Gasteiger partial charge in [-0.15, -0.1) is 0 Å². The van der Waals surface area contributed by atoms with Gasteiger partial charge in [0.25, 0.3) is 0 Å². The number of halogens is 1. The Kier molecular flexibility index (Phi) is 3.85. The van der Waals surface area contributed by atoms with Crippen LogP contribution in [0, 0.1) is 0 Å². The van der Waals surface area contributed by atoms with Crippen LogP contribution in [-0.4, -0.2) is 30.3 Å². The van der Waals surface area contributed by atoms with E-state index in [1.807, 2.05) is 0 Å². The van der Waals surface area contributed by atoms with E-state index in [0.717, 1.165) is 0 Å². The molecule has 1 aliphatic rings. The van der Waals surface area contributed by atoms with Crippen LogP contribution >= 0.6 is 11.6 Å². The van der Waals surface area contributed by atoms with Gasteiger partial charge in [0.1, 0.15) is 30.7 Å². The molecule has 0 aliphatic carbocycles. The van der Waals surface area contributed by atoms with E-state index in [-0.39, 0.29) is 0 Å². The third-order valence-electron chi connectivity index (χ3n) is 3.75. The van der Waals surface area contributed by atoms with Gasteiger partial charge in [0, 0.05) is 12.1 Å². The van der Waals surface area contributed by atoms with E-state index in [1.165, 1.54) is 6.33 Å². The van der Waals surface area contributed by atoms with Gasteiger partial charge in [-0.05, 0) is 12.1 Å². The average molecular weight is 360 g/mol. The van der Waals surface area contributed by atoms with Crippen molar-refractivity contribution in [2.24, 2.45) is 0 Å². The van der Waals surface area contributed by atoms with E-state index in [0.29, 0.717) is 63.7 Å². The zero-order chi connectivity index (χ0) is 17.4. The second-order valence-corrected chi connectivity index (χ2v) is 5.70. The van der Waals surface area contributed by atoms with E-state index >= 15 is 0 Å². The zero-order valence-electron chi connectivity index (χ0n) is 13.3. The fraction of sp³-hybridized carbons (Fsp3) is 0.176. The molecule has 0 radical (unpaired) electrons. The maximum absolute atomic E-state index is 6.05. The summed E-state index contributed by atoms with van der Waals surface area (Å²) in [6, 6.07) is 6.76. The van der Waals surface area contributed by atoms with Gasteiger partial charge in [-0.25, -0.2) is 9.97 Å². The smallest absolute Gasteiger partial charge is 0.234 e. The summed E-state index contributed by atoms with van der Waals surface area (Å²) in [5.41, 5.74) is 6.82. The predicted octanol–water partition coefficient (Wildman–Crippen LogP) is 3.44. The van der Waals surface area contributed by atoms with Crippen LogP contribution in [0.5, 0.6) is 28.9 Å². The molecule has 128 valence electrons. The van der Waals surface area contributed by atoms with Crippen molar-refractivity contribution in [2.45, 2.75) is 0 Å². The Bertz CT molecular complexity index is 964. The third-order valence-corrected chi connectivity index (χ3v) is 4.08. The minimum Gasteiger partial charge on any atom is -0.493 e. The fourth-order valence-corrected chi connectivity index (χ4v) is 2.76. The minimum absolute atomic E-state index is 0.329. The summed E-state index contributed by atoms with van der Waals surface area (Å²) < 4.78 is 22.8. The summed E-state index contributed by atoms with van der Waals surface area (Å²) in [5.74, 6) is 2.38. The number of methoxy groups -OCH3 is 1. The van der Waals surface area contributed by atoms with Gasteiger partial charge in [-0.2, -0.15) is 0 Å². The first kappa shape index (κ1) is 15.6. The molecular weight excluding hydrogens is 346 g/mol. The SMILES string of the molecule is COc1cc2ncnc(Oc3ccc(N)c(Cl)c3)c2c2c1OCCO2. The molecule has 0 amide bonds. The zero-order valence-corrected chi connectivity index (χ0v) is 14.0. The lowest BCUT2D eigenvalue weighted by Crippen LogP contribution is -2.16. The van der Waals surface area contributed by atoms with Crippen LogP contribution in [0.15, 0.2) is 30.6 Å². The molecule has 0 atom stereocenters. The maximum atomic E-state index is 6.05. The molecule has 0 unspecified atom stereocenters. The van der Waals surface area contributed by atoms with E-state index in [1.54, 1.807) is 31.4 Å². The molecule has 0 fully saturated rings. The van der Waals surface area contributed by atoms with Crippen molar-refractivity contribution < 1.29 is 18.9 Å². The van der Waals surface area contributed by atoms with E-state index < -0.39 is 0 Å². The van der Waals surface area contributed by atoms with Gasteiger partial charge >= 0.3 is 0 Å². The predicted molar refractivity (Wildman–Crippen MR) is 93.0 cm³/mol. The monoisotopic (exact) mass is 359 g/mol. The van der Waals surface area contributed by atoms with Crippen LogP contribution in [-0.2, 0) is 0 Å². The van der Waals surface area contributed by atoms with Crippen molar-refractivity contribution in [3.63, 3.8) is 0 Å². The van der Waals surface area contributed by atoms with E-state index in [4.69, 9.17) is 36.3 Å². The molecule has 0 spiro atoms. The highest BCUT2D eigenvalue weighted by Gasteiger charge is 2.24. The highest BCUT2D eigenvalue weighted by atomic mass is 35.5. The standard InChI is InChI=1S/C17H14ClN3O4/c1-22-13-7-12-14(16-15(13)23-4-5-24-16)17(21-8-20-12)25-9-2-3-11(19)10(18)6-9/h2-3,6-8H,4-5,19H2,1H3. The van der Waals surface area contributed by atoms with Crippen molar-refractivity contribution >= 4 is 28.2 Å². The number of ether oxygens (including phenoxy) is 4. The number of nitrogen functional groups attached to an aromatic ring is 1. The van der Waals surface area contributed by atoms with Gasteiger partial charge < -0.3 is 24.7 Å². The Morgan fingerprint density at radius 3 is 2.68 bits per heavy atom. The Hall–Kier alpha value is -2.93. The maximum Gasteiger partial charge on any atom is 0.234 e. The van der Waals surface area contributed by atoms with Crippen molar-refractivity contribution in [1.29, 1.82) is 0 Å². The van der Waals surface area contributed by atoms with Crippen LogP contribution in [0.1, 0.15) is 0 Å². The topological polar surface area (TPSA) is 88.7 Å². The lowest BCUT2D eigenvalue weighted by atomic mass is 10.1. The summed E-state index contributed by atoms with van der Waals surface area (Å²) in [6.45, 7) is 0.851. The third kappa shape index (κ3) is 2.72. The summed E-state index contributed by atoms with van der Waals surface area (Å²) in [6.07, 6.45) is 1.41. The van der Waals surface area contributed by atoms with Gasteiger partial charge in [0.15, 0.2) is 11.5 Å². The lowest BCUT2D eigenvalue weighted by Gasteiger charge is -2.22. The van der Waals surface area contributed by atoms with Crippen molar-refractivity contribution in [3.05, 3.63) is 35.6 Å². The number of hydrogen-bond donors (Lipinski definition) is 1. The van der Waals surface area contributed by atoms with E-state index in [9.17, 15) is 0 Å². The number of aromatic nitrogens is 2. The molecule has 3 aromatic rings. The molecule has 2 N–H and O–H groups in total. The molecule has 2 aromatic carbocycles. The Labute approximate surface area is 148 Å². The normalized spacial score (nSPS) is 12.9. The highest BCUT2D eigenvalue weighted by molar-refractivity contribution is 6.33. The molecule has 8 heteroatoms. The number of nitrogens with two attached hydrogens (primary N) is 1. The van der Waals surface area contributed by atoms with Gasteiger partial charge in [-0.1, -0.05) is 11.6 Å². The lowest BCUT2D eigenvalue weighted by molar-refractivity contribution is 0.167. The minimum atomic E-state index is 0.329.